The Morgan fingerprint density at radius 1 is 0.946 bits per heavy atom. The minimum absolute atomic E-state index is 0.0515. The number of amides is 2. The molecule has 0 aliphatic carbocycles. The van der Waals surface area contributed by atoms with Gasteiger partial charge in [-0.2, -0.15) is 0 Å². The van der Waals surface area contributed by atoms with Crippen molar-refractivity contribution in [3.05, 3.63) is 102 Å². The van der Waals surface area contributed by atoms with Gasteiger partial charge < -0.3 is 9.64 Å². The molecule has 1 unspecified atom stereocenters. The minimum Gasteiger partial charge on any atom is -0.445 e. The lowest BCUT2D eigenvalue weighted by atomic mass is 9.85. The fourth-order valence-corrected chi connectivity index (χ4v) is 3.94. The number of anilines is 1. The van der Waals surface area contributed by atoms with E-state index in [1.54, 1.807) is 6.07 Å². The number of nitrogens with zero attached hydrogens (tertiary/aromatic N) is 2. The summed E-state index contributed by atoms with van der Waals surface area (Å²) in [6.07, 6.45) is -1.41. The van der Waals surface area contributed by atoms with Crippen molar-refractivity contribution in [3.8, 4) is 0 Å². The molecule has 7 heteroatoms. The normalized spacial score (nSPS) is 15.3. The van der Waals surface area contributed by atoms with Crippen LogP contribution in [0.4, 0.5) is 10.5 Å². The van der Waals surface area contributed by atoms with E-state index in [-0.39, 0.29) is 18.9 Å². The van der Waals surface area contributed by atoms with Crippen LogP contribution < -0.4 is 10.2 Å². The Labute approximate surface area is 217 Å². The maximum atomic E-state index is 13.8. The molecular weight excluding hydrogens is 466 g/mol. The number of hydrogen-bond acceptors (Lipinski definition) is 5. The smallest absolute Gasteiger partial charge is 0.409 e. The largest absolute Gasteiger partial charge is 0.445 e. The fourth-order valence-electron chi connectivity index (χ4n) is 3.94. The van der Waals surface area contributed by atoms with E-state index in [0.29, 0.717) is 23.4 Å². The van der Waals surface area contributed by atoms with Crippen LogP contribution in [0.15, 0.2) is 89.9 Å². The molecule has 0 spiro atoms. The van der Waals surface area contributed by atoms with E-state index in [0.717, 1.165) is 11.1 Å². The number of ketones is 1. The highest BCUT2D eigenvalue weighted by Gasteiger charge is 2.36. The number of Topliss-reactive ketones (excluding diaryl/α,β-unsaturated/α-hetero) is 1. The predicted octanol–water partition coefficient (Wildman–Crippen LogP) is 5.13. The van der Waals surface area contributed by atoms with Crippen LogP contribution in [0.25, 0.3) is 0 Å². The Morgan fingerprint density at radius 3 is 2.24 bits per heavy atom. The summed E-state index contributed by atoms with van der Waals surface area (Å²) in [7, 11) is 0. The second-order valence-electron chi connectivity index (χ2n) is 9.55. The number of fused-ring (bicyclic) bond motifs is 1. The van der Waals surface area contributed by atoms with Crippen molar-refractivity contribution in [1.82, 2.24) is 5.32 Å². The summed E-state index contributed by atoms with van der Waals surface area (Å²) in [4.78, 5) is 46.0. The first-order valence-corrected chi connectivity index (χ1v) is 12.3. The van der Waals surface area contributed by atoms with E-state index in [1.165, 1.54) is 4.90 Å². The van der Waals surface area contributed by atoms with Crippen LogP contribution >= 0.6 is 0 Å². The number of nitrogens with one attached hydrogen (secondary N) is 1. The molecule has 4 rings (SSSR count). The Kier molecular flexibility index (Phi) is 7.82. The lowest BCUT2D eigenvalue weighted by Gasteiger charge is -2.29. The monoisotopic (exact) mass is 497 g/mol. The zero-order valence-corrected chi connectivity index (χ0v) is 21.3. The number of alkyl carbamates (subject to hydrolysis) is 1. The van der Waals surface area contributed by atoms with Gasteiger partial charge in [0.15, 0.2) is 5.78 Å². The molecule has 190 valence electrons. The lowest BCUT2D eigenvalue weighted by Crippen LogP contribution is -2.50. The summed E-state index contributed by atoms with van der Waals surface area (Å²) >= 11 is 0. The minimum atomic E-state index is -1.27. The number of para-hydroxylation sites is 1. The molecule has 1 heterocycles. The van der Waals surface area contributed by atoms with E-state index >= 15 is 0 Å². The van der Waals surface area contributed by atoms with Crippen LogP contribution in [-0.2, 0) is 20.9 Å². The standard InChI is InChI=1S/C30H31N3O4/c1-4-30(2,3)25(34)19-33-24-18-12-11-17-23(24)26(22-15-9-6-10-16-22)31-27(28(33)35)32-29(36)37-20-21-13-7-5-8-14-21/h5-18,27H,4,19-20H2,1-3H3,(H,32,36). The van der Waals surface area contributed by atoms with Crippen molar-refractivity contribution in [3.63, 3.8) is 0 Å². The molecule has 1 N–H and O–H groups in total. The zero-order valence-electron chi connectivity index (χ0n) is 21.3. The van der Waals surface area contributed by atoms with Gasteiger partial charge in [-0.3, -0.25) is 14.9 Å². The molecule has 0 saturated heterocycles. The van der Waals surface area contributed by atoms with Crippen LogP contribution in [0.5, 0.6) is 0 Å². The highest BCUT2D eigenvalue weighted by Crippen LogP contribution is 2.30. The number of carbonyl (C=O) groups excluding carboxylic acids is 3. The van der Waals surface area contributed by atoms with Gasteiger partial charge in [0.25, 0.3) is 5.91 Å². The number of aliphatic imine (C=N–C) groups is 1. The second-order valence-corrected chi connectivity index (χ2v) is 9.55. The summed E-state index contributed by atoms with van der Waals surface area (Å²) in [6, 6.07) is 26.1. The third-order valence-corrected chi connectivity index (χ3v) is 6.66. The maximum Gasteiger partial charge on any atom is 0.409 e. The van der Waals surface area contributed by atoms with Gasteiger partial charge in [-0.1, -0.05) is 99.6 Å². The number of carbonyl (C=O) groups is 3. The Hall–Kier alpha value is -4.26. The van der Waals surface area contributed by atoms with Crippen LogP contribution in [-0.4, -0.2) is 36.2 Å². The average Bonchev–Trinajstić information content (AvgIpc) is 3.03. The van der Waals surface area contributed by atoms with Crippen molar-refractivity contribution >= 4 is 29.2 Å². The van der Waals surface area contributed by atoms with E-state index in [2.05, 4.69) is 5.32 Å². The summed E-state index contributed by atoms with van der Waals surface area (Å²) in [6.45, 7) is 5.60. The van der Waals surface area contributed by atoms with Gasteiger partial charge in [0, 0.05) is 16.5 Å². The van der Waals surface area contributed by atoms with Crippen molar-refractivity contribution < 1.29 is 19.1 Å². The Morgan fingerprint density at radius 2 is 1.57 bits per heavy atom. The Balaban J connectivity index is 1.70. The van der Waals surface area contributed by atoms with Gasteiger partial charge >= 0.3 is 6.09 Å². The molecule has 1 aliphatic rings. The average molecular weight is 498 g/mol. The SMILES string of the molecule is CCC(C)(C)C(=O)CN1C(=O)C(NC(=O)OCc2ccccc2)N=C(c2ccccc2)c2ccccc21. The molecule has 0 bridgehead atoms. The highest BCUT2D eigenvalue weighted by atomic mass is 16.5. The molecule has 1 atom stereocenters. The van der Waals surface area contributed by atoms with Gasteiger partial charge in [0.1, 0.15) is 6.61 Å². The summed E-state index contributed by atoms with van der Waals surface area (Å²) < 4.78 is 5.37. The predicted molar refractivity (Wildman–Crippen MR) is 144 cm³/mol. The molecular formula is C30H31N3O4. The third-order valence-electron chi connectivity index (χ3n) is 6.66. The molecule has 7 nitrogen and oxygen atoms in total. The molecule has 3 aromatic carbocycles. The van der Waals surface area contributed by atoms with Crippen molar-refractivity contribution in [1.29, 1.82) is 0 Å². The number of benzodiazepines with no additional fused rings is 1. The molecule has 0 radical (unpaired) electrons. The number of hydrogen-bond donors (Lipinski definition) is 1. The summed E-state index contributed by atoms with van der Waals surface area (Å²) in [5, 5.41) is 2.62. The molecule has 0 fully saturated rings. The van der Waals surface area contributed by atoms with Gasteiger partial charge in [-0.25, -0.2) is 9.79 Å². The van der Waals surface area contributed by atoms with Gasteiger partial charge in [-0.05, 0) is 18.1 Å². The Bertz CT molecular complexity index is 1300. The van der Waals surface area contributed by atoms with Crippen LogP contribution in [0, 0.1) is 5.41 Å². The van der Waals surface area contributed by atoms with Crippen LogP contribution in [0.1, 0.15) is 43.9 Å². The summed E-state index contributed by atoms with van der Waals surface area (Å²) in [5.41, 5.74) is 2.81. The fraction of sp³-hybridized carbons (Fsp3) is 0.267. The summed E-state index contributed by atoms with van der Waals surface area (Å²) in [5.74, 6) is -0.581. The highest BCUT2D eigenvalue weighted by molar-refractivity contribution is 6.21. The van der Waals surface area contributed by atoms with Crippen LogP contribution in [0.2, 0.25) is 0 Å². The third kappa shape index (κ3) is 5.94. The van der Waals surface area contributed by atoms with Crippen molar-refractivity contribution in [2.45, 2.75) is 40.0 Å². The van der Waals surface area contributed by atoms with Crippen LogP contribution in [0.3, 0.4) is 0 Å². The van der Waals surface area contributed by atoms with Gasteiger partial charge in [-0.15, -0.1) is 0 Å². The molecule has 3 aromatic rings. The van der Waals surface area contributed by atoms with E-state index < -0.39 is 23.6 Å². The molecule has 2 amide bonds. The molecule has 0 saturated carbocycles. The number of rotatable bonds is 8. The lowest BCUT2D eigenvalue weighted by molar-refractivity contribution is -0.128. The maximum absolute atomic E-state index is 13.8. The van der Waals surface area contributed by atoms with Crippen molar-refractivity contribution in [2.75, 3.05) is 11.4 Å². The van der Waals surface area contributed by atoms with E-state index in [4.69, 9.17) is 9.73 Å². The molecule has 0 aromatic heterocycles. The second kappa shape index (κ2) is 11.2. The number of ether oxygens (including phenoxy) is 1. The first kappa shape index (κ1) is 25.8. The molecule has 37 heavy (non-hydrogen) atoms. The first-order chi connectivity index (χ1) is 17.8. The molecule has 1 aliphatic heterocycles. The van der Waals surface area contributed by atoms with E-state index in [9.17, 15) is 14.4 Å². The van der Waals surface area contributed by atoms with Gasteiger partial charge in [0.05, 0.1) is 17.9 Å². The quantitative estimate of drug-likeness (QED) is 0.467. The zero-order chi connectivity index (χ0) is 26.4. The van der Waals surface area contributed by atoms with Crippen molar-refractivity contribution in [2.24, 2.45) is 10.4 Å². The number of benzene rings is 3. The van der Waals surface area contributed by atoms with E-state index in [1.807, 2.05) is 99.6 Å². The van der Waals surface area contributed by atoms with Gasteiger partial charge in [0.2, 0.25) is 6.17 Å². The topological polar surface area (TPSA) is 88.1 Å². The first-order valence-electron chi connectivity index (χ1n) is 12.3.